The molecule has 1 N–H and O–H groups in total. The number of hydrogen-bond acceptors (Lipinski definition) is 2. The Morgan fingerprint density at radius 1 is 1.41 bits per heavy atom. The smallest absolute Gasteiger partial charge is 0.317 e. The lowest BCUT2D eigenvalue weighted by atomic mass is 10.2. The van der Waals surface area contributed by atoms with Crippen molar-refractivity contribution >= 4 is 11.7 Å². The van der Waals surface area contributed by atoms with Gasteiger partial charge in [-0.25, -0.2) is 9.18 Å². The van der Waals surface area contributed by atoms with E-state index in [2.05, 4.69) is 12.2 Å². The van der Waals surface area contributed by atoms with Crippen molar-refractivity contribution in [2.45, 2.75) is 33.7 Å². The van der Waals surface area contributed by atoms with Gasteiger partial charge in [-0.3, -0.25) is 0 Å². The van der Waals surface area contributed by atoms with Gasteiger partial charge in [-0.1, -0.05) is 13.0 Å². The van der Waals surface area contributed by atoms with Crippen LogP contribution in [0.3, 0.4) is 0 Å². The molecule has 1 saturated heterocycles. The van der Waals surface area contributed by atoms with Crippen LogP contribution in [-0.2, 0) is 6.54 Å². The minimum atomic E-state index is -0.231. The Hall–Kier alpha value is -1.78. The Morgan fingerprint density at radius 3 is 2.68 bits per heavy atom. The minimum Gasteiger partial charge on any atom is -0.370 e. The van der Waals surface area contributed by atoms with Crippen molar-refractivity contribution in [1.29, 1.82) is 0 Å². The molecule has 1 unspecified atom stereocenters. The van der Waals surface area contributed by atoms with Crippen molar-refractivity contribution in [1.82, 2.24) is 10.2 Å². The number of halogens is 1. The van der Waals surface area contributed by atoms with Crippen molar-refractivity contribution < 1.29 is 9.18 Å². The first-order valence-corrected chi connectivity index (χ1v) is 8.11. The fraction of sp³-hybridized carbons (Fsp3) is 0.588. The Kier molecular flexibility index (Phi) is 5.63. The molecule has 1 fully saturated rings. The molecule has 22 heavy (non-hydrogen) atoms. The van der Waals surface area contributed by atoms with E-state index in [1.165, 1.54) is 6.07 Å². The molecule has 0 aromatic heterocycles. The van der Waals surface area contributed by atoms with E-state index in [1.807, 2.05) is 29.7 Å². The van der Waals surface area contributed by atoms with E-state index in [4.69, 9.17) is 0 Å². The Balaban J connectivity index is 1.93. The van der Waals surface area contributed by atoms with E-state index in [9.17, 15) is 9.18 Å². The van der Waals surface area contributed by atoms with Crippen molar-refractivity contribution in [2.24, 2.45) is 5.92 Å². The maximum atomic E-state index is 14.2. The third kappa shape index (κ3) is 3.90. The molecule has 1 atom stereocenters. The lowest BCUT2D eigenvalue weighted by Crippen LogP contribution is -2.38. The van der Waals surface area contributed by atoms with Crippen LogP contribution in [-0.4, -0.2) is 37.1 Å². The van der Waals surface area contributed by atoms with Crippen molar-refractivity contribution in [3.05, 3.63) is 29.6 Å². The molecule has 5 heteroatoms. The first-order valence-electron chi connectivity index (χ1n) is 8.11. The predicted molar refractivity (Wildman–Crippen MR) is 87.6 cm³/mol. The molecule has 122 valence electrons. The molecule has 1 aliphatic heterocycles. The number of amides is 2. The molecule has 1 aliphatic rings. The van der Waals surface area contributed by atoms with Crippen LogP contribution in [0.15, 0.2) is 18.2 Å². The topological polar surface area (TPSA) is 35.6 Å². The van der Waals surface area contributed by atoms with Gasteiger partial charge in [0.25, 0.3) is 0 Å². The van der Waals surface area contributed by atoms with E-state index in [-0.39, 0.29) is 11.8 Å². The second kappa shape index (κ2) is 7.47. The van der Waals surface area contributed by atoms with E-state index >= 15 is 0 Å². The predicted octanol–water partition coefficient (Wildman–Crippen LogP) is 3.22. The average molecular weight is 307 g/mol. The molecule has 0 radical (unpaired) electrons. The summed E-state index contributed by atoms with van der Waals surface area (Å²) >= 11 is 0. The quantitative estimate of drug-likeness (QED) is 0.906. The third-order valence-corrected chi connectivity index (χ3v) is 4.27. The highest BCUT2D eigenvalue weighted by Crippen LogP contribution is 2.20. The number of hydrogen-bond donors (Lipinski definition) is 1. The normalized spacial score (nSPS) is 17.6. The van der Waals surface area contributed by atoms with E-state index in [0.717, 1.165) is 38.2 Å². The first-order chi connectivity index (χ1) is 10.5. The van der Waals surface area contributed by atoms with Crippen molar-refractivity contribution in [3.8, 4) is 0 Å². The molecule has 0 saturated carbocycles. The molecular formula is C17H26FN3O. The highest BCUT2D eigenvalue weighted by molar-refractivity contribution is 5.74. The van der Waals surface area contributed by atoms with Crippen LogP contribution in [0.4, 0.5) is 14.9 Å². The Bertz CT molecular complexity index is 517. The van der Waals surface area contributed by atoms with Crippen LogP contribution < -0.4 is 10.2 Å². The summed E-state index contributed by atoms with van der Waals surface area (Å²) in [6.45, 7) is 9.69. The maximum absolute atomic E-state index is 14.2. The number of rotatable bonds is 5. The zero-order chi connectivity index (χ0) is 16.1. The van der Waals surface area contributed by atoms with Gasteiger partial charge in [0.15, 0.2) is 0 Å². The largest absolute Gasteiger partial charge is 0.370 e. The lowest BCUT2D eigenvalue weighted by molar-refractivity contribution is 0.207. The van der Waals surface area contributed by atoms with Gasteiger partial charge in [0.05, 0.1) is 5.69 Å². The number of carbonyl (C=O) groups excluding carboxylic acids is 1. The van der Waals surface area contributed by atoms with Gasteiger partial charge in [0.1, 0.15) is 5.82 Å². The van der Waals surface area contributed by atoms with E-state index in [0.29, 0.717) is 18.2 Å². The summed E-state index contributed by atoms with van der Waals surface area (Å²) in [4.78, 5) is 15.8. The fourth-order valence-corrected chi connectivity index (χ4v) is 2.89. The number of carbonyl (C=O) groups is 1. The molecule has 2 amide bonds. The standard InChI is InChI=1S/C17H26FN3O/c1-4-20(5-2)16-7-6-14(10-15(16)18)11-19-17(22)21-9-8-13(3)12-21/h6-7,10,13H,4-5,8-9,11-12H2,1-3H3,(H,19,22). The van der Waals surface area contributed by atoms with Gasteiger partial charge in [-0.05, 0) is 43.9 Å². The fourth-order valence-electron chi connectivity index (χ4n) is 2.89. The molecule has 2 rings (SSSR count). The molecule has 0 spiro atoms. The summed E-state index contributed by atoms with van der Waals surface area (Å²) in [5.74, 6) is 0.335. The molecule has 1 heterocycles. The molecule has 0 aliphatic carbocycles. The highest BCUT2D eigenvalue weighted by Gasteiger charge is 2.22. The lowest BCUT2D eigenvalue weighted by Gasteiger charge is -2.22. The Labute approximate surface area is 132 Å². The van der Waals surface area contributed by atoms with Gasteiger partial charge in [-0.2, -0.15) is 0 Å². The number of anilines is 1. The highest BCUT2D eigenvalue weighted by atomic mass is 19.1. The Morgan fingerprint density at radius 2 is 2.14 bits per heavy atom. The number of benzene rings is 1. The molecule has 1 aromatic rings. The van der Waals surface area contributed by atoms with Gasteiger partial charge >= 0.3 is 6.03 Å². The average Bonchev–Trinajstić information content (AvgIpc) is 2.94. The molecular weight excluding hydrogens is 281 g/mol. The number of nitrogens with one attached hydrogen (secondary N) is 1. The van der Waals surface area contributed by atoms with Gasteiger partial charge < -0.3 is 15.1 Å². The van der Waals surface area contributed by atoms with Crippen molar-refractivity contribution in [3.63, 3.8) is 0 Å². The number of nitrogens with zero attached hydrogens (tertiary/aromatic N) is 2. The monoisotopic (exact) mass is 307 g/mol. The second-order valence-electron chi connectivity index (χ2n) is 5.96. The summed E-state index contributed by atoms with van der Waals surface area (Å²) in [5, 5.41) is 2.87. The summed E-state index contributed by atoms with van der Waals surface area (Å²) in [6, 6.07) is 5.13. The van der Waals surface area contributed by atoms with Crippen LogP contribution in [0, 0.1) is 11.7 Å². The second-order valence-corrected chi connectivity index (χ2v) is 5.96. The first kappa shape index (κ1) is 16.6. The van der Waals surface area contributed by atoms with Crippen LogP contribution in [0.5, 0.6) is 0 Å². The molecule has 0 bridgehead atoms. The molecule has 1 aromatic carbocycles. The van der Waals surface area contributed by atoms with Gasteiger partial charge in [0.2, 0.25) is 0 Å². The summed E-state index contributed by atoms with van der Waals surface area (Å²) in [6.07, 6.45) is 1.06. The number of urea groups is 1. The maximum Gasteiger partial charge on any atom is 0.317 e. The van der Waals surface area contributed by atoms with Crippen LogP contribution in [0.25, 0.3) is 0 Å². The third-order valence-electron chi connectivity index (χ3n) is 4.27. The number of likely N-dealkylation sites (tertiary alicyclic amines) is 1. The van der Waals surface area contributed by atoms with E-state index < -0.39 is 0 Å². The van der Waals surface area contributed by atoms with Crippen molar-refractivity contribution in [2.75, 3.05) is 31.1 Å². The zero-order valence-corrected chi connectivity index (χ0v) is 13.7. The van der Waals surface area contributed by atoms with Gasteiger partial charge in [0, 0.05) is 32.7 Å². The summed E-state index contributed by atoms with van der Waals surface area (Å²) < 4.78 is 14.2. The zero-order valence-electron chi connectivity index (χ0n) is 13.7. The summed E-state index contributed by atoms with van der Waals surface area (Å²) in [5.41, 5.74) is 1.41. The minimum absolute atomic E-state index is 0.0578. The van der Waals surface area contributed by atoms with Crippen LogP contribution in [0.2, 0.25) is 0 Å². The summed E-state index contributed by atoms with van der Waals surface area (Å²) in [7, 11) is 0. The van der Waals surface area contributed by atoms with Crippen LogP contribution >= 0.6 is 0 Å². The van der Waals surface area contributed by atoms with E-state index in [1.54, 1.807) is 6.07 Å². The van der Waals surface area contributed by atoms with Crippen LogP contribution in [0.1, 0.15) is 32.8 Å². The SMILES string of the molecule is CCN(CC)c1ccc(CNC(=O)N2CCC(C)C2)cc1F. The molecule has 4 nitrogen and oxygen atoms in total. The van der Waals surface area contributed by atoms with Gasteiger partial charge in [-0.15, -0.1) is 0 Å².